The van der Waals surface area contributed by atoms with E-state index < -0.39 is 0 Å². The zero-order valence-electron chi connectivity index (χ0n) is 17.0. The summed E-state index contributed by atoms with van der Waals surface area (Å²) in [7, 11) is 3.78. The molecule has 156 valence electrons. The molecule has 0 saturated carbocycles. The highest BCUT2D eigenvalue weighted by atomic mass is 35.5. The van der Waals surface area contributed by atoms with Crippen LogP contribution in [0.1, 0.15) is 44.3 Å². The fourth-order valence-electron chi connectivity index (χ4n) is 3.46. The molecule has 0 fully saturated rings. The predicted molar refractivity (Wildman–Crippen MR) is 120 cm³/mol. The van der Waals surface area contributed by atoms with Gasteiger partial charge in [-0.25, -0.2) is 4.98 Å². The number of nitrogens with one attached hydrogen (secondary N) is 1. The molecule has 0 atom stereocenters. The maximum atomic E-state index is 11.2. The van der Waals surface area contributed by atoms with Crippen LogP contribution >= 0.6 is 23.2 Å². The standard InChI is InChI=1S/C21H32Cl2N4O/c1-24-21(28)9-7-5-3-4-6-8-20-25-18-16-17(10-11-19(18)26(20)2)27(14-12-22)15-13-23/h10-11,16H,3-9,12-15H2,1-2H3,(H,24,28). The van der Waals surface area contributed by atoms with Gasteiger partial charge in [-0.3, -0.25) is 4.79 Å². The number of unbranched alkanes of at least 4 members (excludes halogenated alkanes) is 4. The summed E-state index contributed by atoms with van der Waals surface area (Å²) in [4.78, 5) is 18.3. The van der Waals surface area contributed by atoms with Crippen molar-refractivity contribution in [3.8, 4) is 0 Å². The number of hydrogen-bond acceptors (Lipinski definition) is 3. The van der Waals surface area contributed by atoms with E-state index in [0.717, 1.165) is 67.7 Å². The molecule has 1 amide bonds. The minimum atomic E-state index is 0.134. The van der Waals surface area contributed by atoms with E-state index in [1.165, 1.54) is 6.42 Å². The molecule has 0 spiro atoms. The Morgan fingerprint density at radius 2 is 1.79 bits per heavy atom. The van der Waals surface area contributed by atoms with Gasteiger partial charge in [0, 0.05) is 57.5 Å². The molecule has 0 aliphatic rings. The van der Waals surface area contributed by atoms with Crippen molar-refractivity contribution in [2.45, 2.75) is 44.9 Å². The van der Waals surface area contributed by atoms with Crippen molar-refractivity contribution >= 4 is 45.8 Å². The number of hydrogen-bond donors (Lipinski definition) is 1. The molecule has 1 heterocycles. The Morgan fingerprint density at radius 3 is 2.46 bits per heavy atom. The summed E-state index contributed by atoms with van der Waals surface area (Å²) in [5, 5.41) is 2.67. The van der Waals surface area contributed by atoms with Crippen LogP contribution in [0.5, 0.6) is 0 Å². The highest BCUT2D eigenvalue weighted by molar-refractivity contribution is 6.18. The lowest BCUT2D eigenvalue weighted by Gasteiger charge is -2.22. The molecule has 0 aliphatic carbocycles. The minimum Gasteiger partial charge on any atom is -0.369 e. The van der Waals surface area contributed by atoms with Crippen LogP contribution in [0.25, 0.3) is 11.0 Å². The molecule has 0 saturated heterocycles. The number of aromatic nitrogens is 2. The number of anilines is 1. The highest BCUT2D eigenvalue weighted by Crippen LogP contribution is 2.23. The Morgan fingerprint density at radius 1 is 1.11 bits per heavy atom. The lowest BCUT2D eigenvalue weighted by atomic mass is 10.1. The molecular formula is C21H32Cl2N4O. The largest absolute Gasteiger partial charge is 0.369 e. The first kappa shape index (κ1) is 22.8. The van der Waals surface area contributed by atoms with Crippen molar-refractivity contribution in [1.82, 2.24) is 14.9 Å². The highest BCUT2D eigenvalue weighted by Gasteiger charge is 2.11. The fourth-order valence-corrected chi connectivity index (χ4v) is 3.86. The molecule has 0 bridgehead atoms. The number of alkyl halides is 2. The summed E-state index contributed by atoms with van der Waals surface area (Å²) in [6, 6.07) is 6.39. The molecule has 1 N–H and O–H groups in total. The second-order valence-electron chi connectivity index (χ2n) is 7.07. The molecule has 0 radical (unpaired) electrons. The van der Waals surface area contributed by atoms with Gasteiger partial charge in [0.1, 0.15) is 5.82 Å². The lowest BCUT2D eigenvalue weighted by Crippen LogP contribution is -2.27. The van der Waals surface area contributed by atoms with Crippen molar-refractivity contribution in [3.05, 3.63) is 24.0 Å². The van der Waals surface area contributed by atoms with Crippen LogP contribution in [0, 0.1) is 0 Å². The molecule has 0 unspecified atom stereocenters. The molecule has 1 aromatic heterocycles. The maximum Gasteiger partial charge on any atom is 0.219 e. The van der Waals surface area contributed by atoms with E-state index in [1.807, 2.05) is 0 Å². The fraction of sp³-hybridized carbons (Fsp3) is 0.619. The van der Waals surface area contributed by atoms with Crippen LogP contribution in [0.3, 0.4) is 0 Å². The van der Waals surface area contributed by atoms with E-state index in [9.17, 15) is 4.79 Å². The number of halogens is 2. The molecule has 5 nitrogen and oxygen atoms in total. The third-order valence-corrected chi connectivity index (χ3v) is 5.45. The van der Waals surface area contributed by atoms with Gasteiger partial charge in [0.15, 0.2) is 0 Å². The molecule has 2 aromatic rings. The Kier molecular flexibility index (Phi) is 9.93. The number of carbonyl (C=O) groups excluding carboxylic acids is 1. The zero-order chi connectivity index (χ0) is 20.4. The predicted octanol–water partition coefficient (Wildman–Crippen LogP) is 4.49. The van der Waals surface area contributed by atoms with Gasteiger partial charge in [0.2, 0.25) is 5.91 Å². The number of amides is 1. The van der Waals surface area contributed by atoms with Crippen LogP contribution in [0.15, 0.2) is 18.2 Å². The first-order valence-corrected chi connectivity index (χ1v) is 11.2. The monoisotopic (exact) mass is 426 g/mol. The molecule has 7 heteroatoms. The number of rotatable bonds is 13. The van der Waals surface area contributed by atoms with E-state index in [1.54, 1.807) is 7.05 Å². The lowest BCUT2D eigenvalue weighted by molar-refractivity contribution is -0.120. The molecular weight excluding hydrogens is 395 g/mol. The second kappa shape index (κ2) is 12.2. The minimum absolute atomic E-state index is 0.134. The third kappa shape index (κ3) is 6.56. The van der Waals surface area contributed by atoms with Gasteiger partial charge in [0.25, 0.3) is 0 Å². The van der Waals surface area contributed by atoms with Crippen molar-refractivity contribution in [1.29, 1.82) is 0 Å². The van der Waals surface area contributed by atoms with Crippen molar-refractivity contribution < 1.29 is 4.79 Å². The van der Waals surface area contributed by atoms with Crippen molar-refractivity contribution in [2.75, 3.05) is 36.8 Å². The molecule has 28 heavy (non-hydrogen) atoms. The number of fused-ring (bicyclic) bond motifs is 1. The number of imidazole rings is 1. The van der Waals surface area contributed by atoms with E-state index in [4.69, 9.17) is 28.2 Å². The Bertz CT molecular complexity index is 741. The Balaban J connectivity index is 1.89. The van der Waals surface area contributed by atoms with Gasteiger partial charge in [-0.1, -0.05) is 19.3 Å². The quantitative estimate of drug-likeness (QED) is 0.379. The van der Waals surface area contributed by atoms with Crippen LogP contribution in [0.4, 0.5) is 5.69 Å². The molecule has 2 rings (SSSR count). The van der Waals surface area contributed by atoms with Crippen LogP contribution < -0.4 is 10.2 Å². The Labute approximate surface area is 178 Å². The summed E-state index contributed by atoms with van der Waals surface area (Å²) in [6.07, 6.45) is 7.14. The molecule has 1 aromatic carbocycles. The van der Waals surface area contributed by atoms with Gasteiger partial charge in [-0.15, -0.1) is 23.2 Å². The third-order valence-electron chi connectivity index (χ3n) is 5.11. The van der Waals surface area contributed by atoms with E-state index in [2.05, 4.69) is 40.0 Å². The van der Waals surface area contributed by atoms with Crippen LogP contribution in [-0.4, -0.2) is 47.4 Å². The smallest absolute Gasteiger partial charge is 0.219 e. The number of nitrogens with zero attached hydrogens (tertiary/aromatic N) is 3. The van der Waals surface area contributed by atoms with Gasteiger partial charge in [-0.2, -0.15) is 0 Å². The second-order valence-corrected chi connectivity index (χ2v) is 7.82. The van der Waals surface area contributed by atoms with Gasteiger partial charge in [0.05, 0.1) is 11.0 Å². The average molecular weight is 427 g/mol. The van der Waals surface area contributed by atoms with E-state index in [0.29, 0.717) is 18.2 Å². The summed E-state index contributed by atoms with van der Waals surface area (Å²) >= 11 is 11.9. The van der Waals surface area contributed by atoms with E-state index >= 15 is 0 Å². The molecule has 0 aliphatic heterocycles. The van der Waals surface area contributed by atoms with Crippen molar-refractivity contribution in [2.24, 2.45) is 7.05 Å². The average Bonchev–Trinajstić information content (AvgIpc) is 3.01. The summed E-state index contributed by atoms with van der Waals surface area (Å²) in [5.41, 5.74) is 3.30. The number of benzene rings is 1. The first-order chi connectivity index (χ1) is 13.6. The normalized spacial score (nSPS) is 11.1. The summed E-state index contributed by atoms with van der Waals surface area (Å²) in [5.74, 6) is 2.41. The van der Waals surface area contributed by atoms with Gasteiger partial charge >= 0.3 is 0 Å². The topological polar surface area (TPSA) is 50.2 Å². The van der Waals surface area contributed by atoms with Crippen LogP contribution in [0.2, 0.25) is 0 Å². The summed E-state index contributed by atoms with van der Waals surface area (Å²) < 4.78 is 2.19. The van der Waals surface area contributed by atoms with Crippen LogP contribution in [-0.2, 0) is 18.3 Å². The summed E-state index contributed by atoms with van der Waals surface area (Å²) in [6.45, 7) is 1.55. The SMILES string of the molecule is CNC(=O)CCCCCCCc1nc2cc(N(CCCl)CCCl)ccc2n1C. The number of aryl methyl sites for hydroxylation is 2. The maximum absolute atomic E-state index is 11.2. The number of carbonyl (C=O) groups is 1. The van der Waals surface area contributed by atoms with Gasteiger partial charge in [-0.05, 0) is 31.0 Å². The van der Waals surface area contributed by atoms with E-state index in [-0.39, 0.29) is 5.91 Å². The zero-order valence-corrected chi connectivity index (χ0v) is 18.5. The van der Waals surface area contributed by atoms with Crippen molar-refractivity contribution in [3.63, 3.8) is 0 Å². The Hall–Kier alpha value is -1.46. The first-order valence-electron chi connectivity index (χ1n) is 10.1. The van der Waals surface area contributed by atoms with Gasteiger partial charge < -0.3 is 14.8 Å².